The molecule has 1 aromatic carbocycles. The number of amides is 1. The van der Waals surface area contributed by atoms with Crippen molar-refractivity contribution < 1.29 is 9.21 Å². The van der Waals surface area contributed by atoms with E-state index < -0.39 is 0 Å². The second-order valence-corrected chi connectivity index (χ2v) is 5.21. The molecule has 2 heterocycles. The van der Waals surface area contributed by atoms with E-state index in [-0.39, 0.29) is 5.91 Å². The summed E-state index contributed by atoms with van der Waals surface area (Å²) in [7, 11) is 0. The Morgan fingerprint density at radius 3 is 2.60 bits per heavy atom. The van der Waals surface area contributed by atoms with Gasteiger partial charge in [-0.1, -0.05) is 30.3 Å². The number of rotatable bonds is 2. The predicted octanol–water partition coefficient (Wildman–Crippen LogP) is 3.07. The molecule has 0 radical (unpaired) electrons. The summed E-state index contributed by atoms with van der Waals surface area (Å²) in [5.74, 6) is 2.09. The lowest BCUT2D eigenvalue weighted by Crippen LogP contribution is -2.36. The zero-order valence-electron chi connectivity index (χ0n) is 11.6. The lowest BCUT2D eigenvalue weighted by Gasteiger charge is -2.29. The van der Waals surface area contributed by atoms with Gasteiger partial charge < -0.3 is 9.32 Å². The number of likely N-dealkylation sites (tertiary alicyclic amines) is 1. The zero-order chi connectivity index (χ0) is 13.9. The average Bonchev–Trinajstić information content (AvgIpc) is 2.98. The minimum absolute atomic E-state index is 0.154. The third-order valence-corrected chi connectivity index (χ3v) is 3.87. The van der Waals surface area contributed by atoms with Crippen LogP contribution in [0.4, 0.5) is 0 Å². The van der Waals surface area contributed by atoms with E-state index in [0.29, 0.717) is 5.92 Å². The Morgan fingerprint density at radius 2 is 1.95 bits per heavy atom. The molecule has 1 amide bonds. The van der Waals surface area contributed by atoms with Gasteiger partial charge in [0.15, 0.2) is 11.7 Å². The largest absolute Gasteiger partial charge is 0.440 e. The molecular weight excluding hydrogens is 252 g/mol. The number of nitrogens with zero attached hydrogens (tertiary/aromatic N) is 2. The molecule has 4 nitrogen and oxygen atoms in total. The van der Waals surface area contributed by atoms with Crippen LogP contribution >= 0.6 is 0 Å². The van der Waals surface area contributed by atoms with E-state index in [4.69, 9.17) is 4.42 Å². The molecule has 3 rings (SSSR count). The fraction of sp³-hybridized carbons (Fsp3) is 0.375. The maximum absolute atomic E-state index is 11.3. The molecule has 0 bridgehead atoms. The number of hydrogen-bond acceptors (Lipinski definition) is 3. The van der Waals surface area contributed by atoms with Gasteiger partial charge in [-0.2, -0.15) is 0 Å². The van der Waals surface area contributed by atoms with Gasteiger partial charge in [0.1, 0.15) is 0 Å². The molecule has 1 aliphatic rings. The van der Waals surface area contributed by atoms with Gasteiger partial charge >= 0.3 is 0 Å². The topological polar surface area (TPSA) is 46.3 Å². The number of carbonyl (C=O) groups is 1. The van der Waals surface area contributed by atoms with Gasteiger partial charge in [0.25, 0.3) is 0 Å². The van der Waals surface area contributed by atoms with Gasteiger partial charge in [0.2, 0.25) is 5.91 Å². The fourth-order valence-electron chi connectivity index (χ4n) is 2.65. The van der Waals surface area contributed by atoms with Gasteiger partial charge in [-0.3, -0.25) is 4.79 Å². The van der Waals surface area contributed by atoms with Gasteiger partial charge in [0.05, 0.1) is 6.20 Å². The van der Waals surface area contributed by atoms with E-state index in [1.165, 1.54) is 0 Å². The number of hydrogen-bond donors (Lipinski definition) is 0. The highest BCUT2D eigenvalue weighted by molar-refractivity contribution is 5.73. The molecule has 20 heavy (non-hydrogen) atoms. The summed E-state index contributed by atoms with van der Waals surface area (Å²) < 4.78 is 5.89. The highest BCUT2D eigenvalue weighted by atomic mass is 16.4. The van der Waals surface area contributed by atoms with Crippen molar-refractivity contribution in [2.24, 2.45) is 0 Å². The maximum atomic E-state index is 11.3. The lowest BCUT2D eigenvalue weighted by molar-refractivity contribution is -0.129. The van der Waals surface area contributed by atoms with Crippen LogP contribution in [0.1, 0.15) is 31.6 Å². The first kappa shape index (κ1) is 12.9. The van der Waals surface area contributed by atoms with Crippen LogP contribution in [0.15, 0.2) is 40.9 Å². The van der Waals surface area contributed by atoms with Crippen molar-refractivity contribution in [2.45, 2.75) is 25.7 Å². The number of benzene rings is 1. The van der Waals surface area contributed by atoms with Crippen molar-refractivity contribution in [3.63, 3.8) is 0 Å². The molecule has 1 saturated heterocycles. The van der Waals surface area contributed by atoms with Gasteiger partial charge in [0, 0.05) is 31.5 Å². The van der Waals surface area contributed by atoms with E-state index in [1.807, 2.05) is 35.2 Å². The molecule has 0 unspecified atom stereocenters. The summed E-state index contributed by atoms with van der Waals surface area (Å²) in [4.78, 5) is 17.6. The SMILES string of the molecule is CC(=O)N1CCC(c2ncc(-c3ccccc3)o2)CC1. The zero-order valence-corrected chi connectivity index (χ0v) is 11.6. The smallest absolute Gasteiger partial charge is 0.219 e. The first-order valence-electron chi connectivity index (χ1n) is 7.00. The molecule has 2 aromatic rings. The van der Waals surface area contributed by atoms with Crippen LogP contribution in [-0.2, 0) is 4.79 Å². The van der Waals surface area contributed by atoms with Gasteiger partial charge in [-0.05, 0) is 12.8 Å². The van der Waals surface area contributed by atoms with Crippen LogP contribution in [0.25, 0.3) is 11.3 Å². The highest BCUT2D eigenvalue weighted by Crippen LogP contribution is 2.30. The molecular formula is C16H18N2O2. The quantitative estimate of drug-likeness (QED) is 0.842. The minimum Gasteiger partial charge on any atom is -0.440 e. The van der Waals surface area contributed by atoms with Crippen molar-refractivity contribution in [3.8, 4) is 11.3 Å². The number of aromatic nitrogens is 1. The number of oxazole rings is 1. The molecule has 104 valence electrons. The molecule has 1 aliphatic heterocycles. The van der Waals surface area contributed by atoms with Crippen LogP contribution in [0.2, 0.25) is 0 Å². The predicted molar refractivity (Wildman–Crippen MR) is 76.2 cm³/mol. The molecule has 1 aromatic heterocycles. The van der Waals surface area contributed by atoms with Crippen LogP contribution in [0.5, 0.6) is 0 Å². The monoisotopic (exact) mass is 270 g/mol. The second-order valence-electron chi connectivity index (χ2n) is 5.21. The molecule has 0 atom stereocenters. The number of piperidine rings is 1. The summed E-state index contributed by atoms with van der Waals surface area (Å²) in [5, 5.41) is 0. The number of carbonyl (C=O) groups excluding carboxylic acids is 1. The van der Waals surface area contributed by atoms with E-state index in [0.717, 1.165) is 43.1 Å². The molecule has 0 N–H and O–H groups in total. The van der Waals surface area contributed by atoms with Crippen molar-refractivity contribution >= 4 is 5.91 Å². The molecule has 1 fully saturated rings. The Balaban J connectivity index is 1.71. The fourth-order valence-corrected chi connectivity index (χ4v) is 2.65. The van der Waals surface area contributed by atoms with Crippen LogP contribution in [0, 0.1) is 0 Å². The minimum atomic E-state index is 0.154. The Labute approximate surface area is 118 Å². The van der Waals surface area contributed by atoms with Crippen LogP contribution < -0.4 is 0 Å². The third-order valence-electron chi connectivity index (χ3n) is 3.87. The standard InChI is InChI=1S/C16H18N2O2/c1-12(19)18-9-7-14(8-10-18)16-17-11-15(20-16)13-5-3-2-4-6-13/h2-6,11,14H,7-10H2,1H3. The second kappa shape index (κ2) is 5.49. The summed E-state index contributed by atoms with van der Waals surface area (Å²) in [6, 6.07) is 10.00. The summed E-state index contributed by atoms with van der Waals surface area (Å²) in [5.41, 5.74) is 1.05. The Kier molecular flexibility index (Phi) is 3.54. The van der Waals surface area contributed by atoms with Crippen LogP contribution in [-0.4, -0.2) is 28.9 Å². The average molecular weight is 270 g/mol. The van der Waals surface area contributed by atoms with Gasteiger partial charge in [-0.25, -0.2) is 4.98 Å². The summed E-state index contributed by atoms with van der Waals surface area (Å²) >= 11 is 0. The third kappa shape index (κ3) is 2.59. The Morgan fingerprint density at radius 1 is 1.25 bits per heavy atom. The van der Waals surface area contributed by atoms with E-state index in [9.17, 15) is 4.79 Å². The normalized spacial score (nSPS) is 16.4. The van der Waals surface area contributed by atoms with Crippen molar-refractivity contribution in [3.05, 3.63) is 42.4 Å². The summed E-state index contributed by atoms with van der Waals surface area (Å²) in [6.07, 6.45) is 3.64. The van der Waals surface area contributed by atoms with Gasteiger partial charge in [-0.15, -0.1) is 0 Å². The Bertz CT molecular complexity index is 584. The van der Waals surface area contributed by atoms with Crippen molar-refractivity contribution in [1.82, 2.24) is 9.88 Å². The molecule has 0 saturated carbocycles. The van der Waals surface area contributed by atoms with E-state index in [2.05, 4.69) is 4.98 Å². The summed E-state index contributed by atoms with van der Waals surface area (Å²) in [6.45, 7) is 3.21. The lowest BCUT2D eigenvalue weighted by atomic mass is 9.97. The van der Waals surface area contributed by atoms with E-state index in [1.54, 1.807) is 13.1 Å². The first-order chi connectivity index (χ1) is 9.74. The molecule has 4 heteroatoms. The Hall–Kier alpha value is -2.10. The molecule has 0 aliphatic carbocycles. The first-order valence-corrected chi connectivity index (χ1v) is 7.00. The maximum Gasteiger partial charge on any atom is 0.219 e. The van der Waals surface area contributed by atoms with Crippen molar-refractivity contribution in [2.75, 3.05) is 13.1 Å². The van der Waals surface area contributed by atoms with Crippen molar-refractivity contribution in [1.29, 1.82) is 0 Å². The molecule has 0 spiro atoms. The van der Waals surface area contributed by atoms with Crippen LogP contribution in [0.3, 0.4) is 0 Å². The highest BCUT2D eigenvalue weighted by Gasteiger charge is 2.25. The van der Waals surface area contributed by atoms with E-state index >= 15 is 0 Å².